The van der Waals surface area contributed by atoms with Crippen LogP contribution in [0, 0.1) is 0 Å². The van der Waals surface area contributed by atoms with E-state index in [0.29, 0.717) is 19.5 Å². The third-order valence-electron chi connectivity index (χ3n) is 3.01. The molecular formula is C15H18N2O3. The Hall–Kier alpha value is -2.14. The van der Waals surface area contributed by atoms with E-state index >= 15 is 0 Å². The van der Waals surface area contributed by atoms with Gasteiger partial charge in [0.2, 0.25) is 0 Å². The van der Waals surface area contributed by atoms with Crippen LogP contribution >= 0.6 is 0 Å². The zero-order valence-electron chi connectivity index (χ0n) is 11.4. The fourth-order valence-electron chi connectivity index (χ4n) is 2.00. The number of methoxy groups -OCH3 is 1. The van der Waals surface area contributed by atoms with Crippen LogP contribution in [0.3, 0.4) is 0 Å². The lowest BCUT2D eigenvalue weighted by atomic mass is 10.2. The molecule has 0 atom stereocenters. The summed E-state index contributed by atoms with van der Waals surface area (Å²) in [6.07, 6.45) is 0.804. The normalized spacial score (nSPS) is 10.7. The van der Waals surface area contributed by atoms with Crippen molar-refractivity contribution < 1.29 is 14.6 Å². The first-order valence-corrected chi connectivity index (χ1v) is 6.56. The Kier molecular flexibility index (Phi) is 4.90. The zero-order chi connectivity index (χ0) is 14.4. The summed E-state index contributed by atoms with van der Waals surface area (Å²) in [6.45, 7) is 1.28. The van der Waals surface area contributed by atoms with Crippen LogP contribution in [-0.2, 0) is 11.3 Å². The number of nitrogens with zero attached hydrogens (tertiary/aromatic N) is 1. The van der Waals surface area contributed by atoms with Crippen molar-refractivity contribution >= 4 is 16.9 Å². The van der Waals surface area contributed by atoms with Crippen molar-refractivity contribution in [3.05, 3.63) is 36.0 Å². The molecule has 0 aliphatic carbocycles. The van der Waals surface area contributed by atoms with Gasteiger partial charge >= 0.3 is 5.97 Å². The van der Waals surface area contributed by atoms with E-state index in [2.05, 4.69) is 10.3 Å². The fraction of sp³-hybridized carbons (Fsp3) is 0.333. The van der Waals surface area contributed by atoms with Crippen LogP contribution in [0.2, 0.25) is 0 Å². The van der Waals surface area contributed by atoms with E-state index < -0.39 is 5.97 Å². The maximum Gasteiger partial charge on any atom is 0.303 e. The molecule has 20 heavy (non-hydrogen) atoms. The molecule has 5 heteroatoms. The molecule has 0 amide bonds. The average molecular weight is 274 g/mol. The predicted molar refractivity (Wildman–Crippen MR) is 76.9 cm³/mol. The molecule has 2 aromatic rings. The summed E-state index contributed by atoms with van der Waals surface area (Å²) in [5, 5.41) is 12.8. The van der Waals surface area contributed by atoms with Crippen molar-refractivity contribution in [3.8, 4) is 5.75 Å². The molecule has 0 unspecified atom stereocenters. The summed E-state index contributed by atoms with van der Waals surface area (Å²) in [5.41, 5.74) is 1.76. The maximum absolute atomic E-state index is 10.4. The number of aromatic nitrogens is 1. The van der Waals surface area contributed by atoms with Gasteiger partial charge in [-0.3, -0.25) is 4.79 Å². The van der Waals surface area contributed by atoms with Gasteiger partial charge in [0, 0.05) is 18.4 Å². The summed E-state index contributed by atoms with van der Waals surface area (Å²) >= 11 is 0. The number of carboxylic acids is 1. The first-order chi connectivity index (χ1) is 9.70. The maximum atomic E-state index is 10.4. The predicted octanol–water partition coefficient (Wildman–Crippen LogP) is 2.20. The van der Waals surface area contributed by atoms with Crippen molar-refractivity contribution in [1.29, 1.82) is 0 Å². The average Bonchev–Trinajstić information content (AvgIpc) is 2.45. The van der Waals surface area contributed by atoms with Crippen LogP contribution < -0.4 is 10.1 Å². The van der Waals surface area contributed by atoms with Gasteiger partial charge in [-0.2, -0.15) is 0 Å². The Balaban J connectivity index is 1.99. The van der Waals surface area contributed by atoms with E-state index in [1.165, 1.54) is 0 Å². The van der Waals surface area contributed by atoms with E-state index in [4.69, 9.17) is 9.84 Å². The SMILES string of the molecule is COc1cccc2ccc(CNCCCC(=O)O)nc12. The molecule has 2 N–H and O–H groups in total. The van der Waals surface area contributed by atoms with E-state index in [0.717, 1.165) is 22.3 Å². The molecule has 2 rings (SSSR count). The number of fused-ring (bicyclic) bond motifs is 1. The second-order valence-corrected chi connectivity index (χ2v) is 4.51. The number of hydrogen-bond acceptors (Lipinski definition) is 4. The van der Waals surface area contributed by atoms with Crippen LogP contribution in [-0.4, -0.2) is 29.7 Å². The number of rotatable bonds is 7. The highest BCUT2D eigenvalue weighted by atomic mass is 16.5. The second-order valence-electron chi connectivity index (χ2n) is 4.51. The smallest absolute Gasteiger partial charge is 0.303 e. The molecule has 0 aliphatic rings. The summed E-state index contributed by atoms with van der Waals surface area (Å²) < 4.78 is 5.30. The largest absolute Gasteiger partial charge is 0.494 e. The lowest BCUT2D eigenvalue weighted by molar-refractivity contribution is -0.137. The minimum Gasteiger partial charge on any atom is -0.494 e. The molecule has 0 spiro atoms. The van der Waals surface area contributed by atoms with Crippen LogP contribution in [0.5, 0.6) is 5.75 Å². The molecular weight excluding hydrogens is 256 g/mol. The van der Waals surface area contributed by atoms with E-state index in [9.17, 15) is 4.79 Å². The van der Waals surface area contributed by atoms with Gasteiger partial charge in [-0.1, -0.05) is 18.2 Å². The van der Waals surface area contributed by atoms with Gasteiger partial charge in [-0.25, -0.2) is 4.98 Å². The van der Waals surface area contributed by atoms with Crippen LogP contribution in [0.4, 0.5) is 0 Å². The summed E-state index contributed by atoms with van der Waals surface area (Å²) in [6, 6.07) is 9.80. The number of para-hydroxylation sites is 1. The Morgan fingerprint density at radius 3 is 2.95 bits per heavy atom. The summed E-state index contributed by atoms with van der Waals surface area (Å²) in [7, 11) is 1.63. The molecule has 0 bridgehead atoms. The Morgan fingerprint density at radius 1 is 1.35 bits per heavy atom. The summed E-state index contributed by atoms with van der Waals surface area (Å²) in [5.74, 6) is -0.00408. The number of aliphatic carboxylic acids is 1. The molecule has 0 aliphatic heterocycles. The Labute approximate surface area is 117 Å². The van der Waals surface area contributed by atoms with E-state index in [1.54, 1.807) is 7.11 Å². The van der Waals surface area contributed by atoms with Gasteiger partial charge in [0.1, 0.15) is 11.3 Å². The van der Waals surface area contributed by atoms with Crippen molar-refractivity contribution in [2.24, 2.45) is 0 Å². The van der Waals surface area contributed by atoms with Crippen LogP contribution in [0.25, 0.3) is 10.9 Å². The third kappa shape index (κ3) is 3.68. The molecule has 0 radical (unpaired) electrons. The highest BCUT2D eigenvalue weighted by Gasteiger charge is 2.04. The van der Waals surface area contributed by atoms with E-state index in [-0.39, 0.29) is 6.42 Å². The first-order valence-electron chi connectivity index (χ1n) is 6.56. The standard InChI is InChI=1S/C15H18N2O3/c1-20-13-5-2-4-11-7-8-12(17-15(11)13)10-16-9-3-6-14(18)19/h2,4-5,7-8,16H,3,6,9-10H2,1H3,(H,18,19). The van der Waals surface area contributed by atoms with Gasteiger partial charge in [0.15, 0.2) is 0 Å². The van der Waals surface area contributed by atoms with Gasteiger partial charge in [0.05, 0.1) is 12.8 Å². The Bertz CT molecular complexity index is 599. The second kappa shape index (κ2) is 6.86. The highest BCUT2D eigenvalue weighted by Crippen LogP contribution is 2.23. The number of nitrogens with one attached hydrogen (secondary N) is 1. The van der Waals surface area contributed by atoms with Crippen molar-refractivity contribution in [2.75, 3.05) is 13.7 Å². The zero-order valence-corrected chi connectivity index (χ0v) is 11.4. The minimum atomic E-state index is -0.764. The van der Waals surface area contributed by atoms with Crippen molar-refractivity contribution in [2.45, 2.75) is 19.4 Å². The number of ether oxygens (including phenoxy) is 1. The topological polar surface area (TPSA) is 71.5 Å². The van der Waals surface area contributed by atoms with Crippen LogP contribution in [0.1, 0.15) is 18.5 Å². The lowest BCUT2D eigenvalue weighted by Crippen LogP contribution is -2.16. The molecule has 1 aromatic carbocycles. The molecule has 1 heterocycles. The van der Waals surface area contributed by atoms with Gasteiger partial charge in [0.25, 0.3) is 0 Å². The monoisotopic (exact) mass is 274 g/mol. The number of carboxylic acid groups (broad SMARTS) is 1. The van der Waals surface area contributed by atoms with Gasteiger partial charge < -0.3 is 15.2 Å². The molecule has 5 nitrogen and oxygen atoms in total. The number of carbonyl (C=O) groups is 1. The first kappa shape index (κ1) is 14.3. The van der Waals surface area contributed by atoms with Crippen molar-refractivity contribution in [3.63, 3.8) is 0 Å². The lowest BCUT2D eigenvalue weighted by Gasteiger charge is -2.07. The van der Waals surface area contributed by atoms with Gasteiger partial charge in [-0.05, 0) is 25.1 Å². The molecule has 0 fully saturated rings. The van der Waals surface area contributed by atoms with E-state index in [1.807, 2.05) is 30.3 Å². The Morgan fingerprint density at radius 2 is 2.20 bits per heavy atom. The molecule has 0 saturated heterocycles. The highest BCUT2D eigenvalue weighted by molar-refractivity contribution is 5.84. The molecule has 106 valence electrons. The number of hydrogen-bond donors (Lipinski definition) is 2. The van der Waals surface area contributed by atoms with Crippen molar-refractivity contribution in [1.82, 2.24) is 10.3 Å². The third-order valence-corrected chi connectivity index (χ3v) is 3.01. The molecule has 0 saturated carbocycles. The quantitative estimate of drug-likeness (QED) is 0.757. The number of pyridine rings is 1. The van der Waals surface area contributed by atoms with Crippen LogP contribution in [0.15, 0.2) is 30.3 Å². The molecule has 1 aromatic heterocycles. The van der Waals surface area contributed by atoms with Gasteiger partial charge in [-0.15, -0.1) is 0 Å². The minimum absolute atomic E-state index is 0.186. The summed E-state index contributed by atoms with van der Waals surface area (Å²) in [4.78, 5) is 15.0. The number of benzene rings is 1. The fourth-order valence-corrected chi connectivity index (χ4v) is 2.00.